The van der Waals surface area contributed by atoms with Gasteiger partial charge in [-0.25, -0.2) is 4.79 Å². The van der Waals surface area contributed by atoms with E-state index in [1.807, 2.05) is 0 Å². The smallest absolute Gasteiger partial charge is 0.333 e. The lowest BCUT2D eigenvalue weighted by atomic mass is 10.2. The zero-order valence-corrected chi connectivity index (χ0v) is 11.7. The Labute approximate surface area is 114 Å². The van der Waals surface area contributed by atoms with Crippen LogP contribution in [0.15, 0.2) is 24.3 Å². The molecule has 0 aliphatic carbocycles. The van der Waals surface area contributed by atoms with Gasteiger partial charge in [-0.15, -0.1) is 0 Å². The van der Waals surface area contributed by atoms with Crippen molar-refractivity contribution < 1.29 is 23.8 Å². The van der Waals surface area contributed by atoms with Gasteiger partial charge in [0.2, 0.25) is 0 Å². The van der Waals surface area contributed by atoms with Gasteiger partial charge >= 0.3 is 5.97 Å². The van der Waals surface area contributed by atoms with Crippen molar-refractivity contribution in [1.82, 2.24) is 0 Å². The van der Waals surface area contributed by atoms with Crippen molar-refractivity contribution in [3.63, 3.8) is 0 Å². The van der Waals surface area contributed by atoms with E-state index in [9.17, 15) is 9.59 Å². The molecular formula is C14H22O5. The SMILES string of the molecule is C=C(C)C(=O)CCOCCOCCOC(=O)C(=C)C. The maximum atomic E-state index is 11.2. The normalized spacial score (nSPS) is 10.0. The lowest BCUT2D eigenvalue weighted by molar-refractivity contribution is -0.140. The summed E-state index contributed by atoms with van der Waals surface area (Å²) in [5, 5.41) is 0. The lowest BCUT2D eigenvalue weighted by Gasteiger charge is -2.06. The first-order valence-corrected chi connectivity index (χ1v) is 6.12. The van der Waals surface area contributed by atoms with Crippen LogP contribution in [0.5, 0.6) is 0 Å². The molecule has 19 heavy (non-hydrogen) atoms. The molecule has 5 nitrogen and oxygen atoms in total. The van der Waals surface area contributed by atoms with Crippen LogP contribution in [0, 0.1) is 0 Å². The van der Waals surface area contributed by atoms with Gasteiger partial charge in [0.25, 0.3) is 0 Å². The van der Waals surface area contributed by atoms with E-state index in [2.05, 4.69) is 13.2 Å². The fourth-order valence-electron chi connectivity index (χ4n) is 1.02. The Morgan fingerprint density at radius 1 is 0.842 bits per heavy atom. The fourth-order valence-corrected chi connectivity index (χ4v) is 1.02. The van der Waals surface area contributed by atoms with Crippen molar-refractivity contribution in [2.45, 2.75) is 20.3 Å². The molecule has 5 heteroatoms. The molecule has 0 bridgehead atoms. The minimum absolute atomic E-state index is 0.00706. The molecule has 0 saturated heterocycles. The van der Waals surface area contributed by atoms with E-state index in [4.69, 9.17) is 14.2 Å². The molecule has 0 aliphatic heterocycles. The lowest BCUT2D eigenvalue weighted by Crippen LogP contribution is -2.13. The highest BCUT2D eigenvalue weighted by Crippen LogP contribution is 1.95. The van der Waals surface area contributed by atoms with E-state index in [0.29, 0.717) is 44.0 Å². The van der Waals surface area contributed by atoms with Crippen LogP contribution in [0.3, 0.4) is 0 Å². The maximum Gasteiger partial charge on any atom is 0.333 e. The number of hydrogen-bond donors (Lipinski definition) is 0. The summed E-state index contributed by atoms with van der Waals surface area (Å²) in [6.45, 7) is 11.9. The third kappa shape index (κ3) is 10.2. The molecule has 0 saturated carbocycles. The predicted octanol–water partition coefficient (Wildman–Crippen LogP) is 1.67. The number of esters is 1. The maximum absolute atomic E-state index is 11.2. The molecule has 108 valence electrons. The van der Waals surface area contributed by atoms with Gasteiger partial charge in [0.15, 0.2) is 5.78 Å². The van der Waals surface area contributed by atoms with Gasteiger partial charge in [-0.2, -0.15) is 0 Å². The molecule has 0 heterocycles. The molecule has 0 rings (SSSR count). The summed E-state index contributed by atoms with van der Waals surface area (Å²) in [5.41, 5.74) is 0.907. The van der Waals surface area contributed by atoms with Gasteiger partial charge in [-0.3, -0.25) is 4.79 Å². The highest BCUT2D eigenvalue weighted by Gasteiger charge is 2.03. The van der Waals surface area contributed by atoms with Crippen LogP contribution in [-0.2, 0) is 23.8 Å². The van der Waals surface area contributed by atoms with Crippen LogP contribution in [0.25, 0.3) is 0 Å². The number of Topliss-reactive ketones (excluding diaryl/α,β-unsaturated/α-hetero) is 1. The van der Waals surface area contributed by atoms with Gasteiger partial charge in [0, 0.05) is 12.0 Å². The highest BCUT2D eigenvalue weighted by molar-refractivity contribution is 5.94. The second-order valence-electron chi connectivity index (χ2n) is 4.09. The molecule has 0 fully saturated rings. The van der Waals surface area contributed by atoms with Crippen LogP contribution in [0.2, 0.25) is 0 Å². The van der Waals surface area contributed by atoms with Crippen LogP contribution < -0.4 is 0 Å². The topological polar surface area (TPSA) is 61.8 Å². The molecule has 0 radical (unpaired) electrons. The Hall–Kier alpha value is -1.46. The van der Waals surface area contributed by atoms with Crippen LogP contribution in [0.1, 0.15) is 20.3 Å². The Kier molecular flexibility index (Phi) is 9.66. The summed E-state index contributed by atoms with van der Waals surface area (Å²) < 4.78 is 15.2. The van der Waals surface area contributed by atoms with Crippen molar-refractivity contribution in [3.8, 4) is 0 Å². The number of hydrogen-bond acceptors (Lipinski definition) is 5. The Morgan fingerprint density at radius 2 is 1.37 bits per heavy atom. The van der Waals surface area contributed by atoms with E-state index in [1.165, 1.54) is 0 Å². The summed E-state index contributed by atoms with van der Waals surface area (Å²) >= 11 is 0. The standard InChI is InChI=1S/C14H22O5/c1-11(2)13(15)5-6-17-7-8-18-9-10-19-14(16)12(3)4/h1,3,5-10H2,2,4H3. The Bertz CT molecular complexity index is 301. The van der Waals surface area contributed by atoms with E-state index in [-0.39, 0.29) is 12.4 Å². The molecule has 0 aromatic carbocycles. The van der Waals surface area contributed by atoms with Crippen molar-refractivity contribution in [2.24, 2.45) is 0 Å². The monoisotopic (exact) mass is 270 g/mol. The summed E-state index contributed by atoms with van der Waals surface area (Å²) in [4.78, 5) is 22.2. The third-order valence-corrected chi connectivity index (χ3v) is 2.13. The molecular weight excluding hydrogens is 248 g/mol. The first-order chi connectivity index (χ1) is 8.95. The quantitative estimate of drug-likeness (QED) is 0.325. The van der Waals surface area contributed by atoms with Crippen LogP contribution >= 0.6 is 0 Å². The average Bonchev–Trinajstić information content (AvgIpc) is 2.35. The van der Waals surface area contributed by atoms with Gasteiger partial charge in [-0.1, -0.05) is 13.2 Å². The average molecular weight is 270 g/mol. The van der Waals surface area contributed by atoms with Crippen LogP contribution in [-0.4, -0.2) is 44.8 Å². The summed E-state index contributed by atoms with van der Waals surface area (Å²) in [6, 6.07) is 0. The van der Waals surface area contributed by atoms with E-state index in [1.54, 1.807) is 13.8 Å². The summed E-state index contributed by atoms with van der Waals surface area (Å²) in [5.74, 6) is -0.411. The molecule has 0 N–H and O–H groups in total. The van der Waals surface area contributed by atoms with Crippen molar-refractivity contribution in [2.75, 3.05) is 33.0 Å². The number of rotatable bonds is 11. The number of carbonyl (C=O) groups excluding carboxylic acids is 2. The minimum atomic E-state index is -0.418. The number of ketones is 1. The number of allylic oxidation sites excluding steroid dienone is 1. The molecule has 0 aliphatic rings. The summed E-state index contributed by atoms with van der Waals surface area (Å²) in [6.07, 6.45) is 0.339. The highest BCUT2D eigenvalue weighted by atomic mass is 16.6. The predicted molar refractivity (Wildman–Crippen MR) is 71.8 cm³/mol. The second-order valence-corrected chi connectivity index (χ2v) is 4.09. The number of carbonyl (C=O) groups is 2. The molecule has 0 amide bonds. The first kappa shape index (κ1) is 17.5. The first-order valence-electron chi connectivity index (χ1n) is 6.12. The third-order valence-electron chi connectivity index (χ3n) is 2.13. The van der Waals surface area contributed by atoms with Gasteiger partial charge in [0.05, 0.1) is 26.4 Å². The number of ether oxygens (including phenoxy) is 3. The minimum Gasteiger partial charge on any atom is -0.460 e. The van der Waals surface area contributed by atoms with E-state index >= 15 is 0 Å². The molecule has 0 atom stereocenters. The zero-order chi connectivity index (χ0) is 14.7. The van der Waals surface area contributed by atoms with E-state index < -0.39 is 5.97 Å². The van der Waals surface area contributed by atoms with Gasteiger partial charge in [0.1, 0.15) is 6.61 Å². The van der Waals surface area contributed by atoms with Crippen LogP contribution in [0.4, 0.5) is 0 Å². The molecule has 0 aromatic rings. The van der Waals surface area contributed by atoms with Crippen molar-refractivity contribution in [1.29, 1.82) is 0 Å². The molecule has 0 spiro atoms. The van der Waals surface area contributed by atoms with Gasteiger partial charge < -0.3 is 14.2 Å². The van der Waals surface area contributed by atoms with Crippen molar-refractivity contribution >= 4 is 11.8 Å². The summed E-state index contributed by atoms with van der Waals surface area (Å²) in [7, 11) is 0. The Balaban J connectivity index is 3.28. The zero-order valence-electron chi connectivity index (χ0n) is 11.7. The van der Waals surface area contributed by atoms with Crippen molar-refractivity contribution in [3.05, 3.63) is 24.3 Å². The molecule has 0 aromatic heterocycles. The molecule has 0 unspecified atom stereocenters. The largest absolute Gasteiger partial charge is 0.460 e. The van der Waals surface area contributed by atoms with E-state index in [0.717, 1.165) is 0 Å². The fraction of sp³-hybridized carbons (Fsp3) is 0.571. The van der Waals surface area contributed by atoms with Gasteiger partial charge in [-0.05, 0) is 19.4 Å². The Morgan fingerprint density at radius 3 is 1.89 bits per heavy atom. The second kappa shape index (κ2) is 10.5.